The SMILES string of the molecule is CNC1CCC(C)CC1CN1CCC(OC)CC1. The van der Waals surface area contributed by atoms with Crippen molar-refractivity contribution < 1.29 is 4.74 Å². The molecule has 0 amide bonds. The second-order valence-corrected chi connectivity index (χ2v) is 6.31. The average molecular weight is 254 g/mol. The van der Waals surface area contributed by atoms with E-state index < -0.39 is 0 Å². The van der Waals surface area contributed by atoms with E-state index in [1.807, 2.05) is 7.11 Å². The van der Waals surface area contributed by atoms with Crippen LogP contribution in [0.5, 0.6) is 0 Å². The number of nitrogens with zero attached hydrogens (tertiary/aromatic N) is 1. The first-order chi connectivity index (χ1) is 8.72. The Morgan fingerprint density at radius 1 is 1.17 bits per heavy atom. The number of rotatable bonds is 4. The first kappa shape index (κ1) is 14.3. The van der Waals surface area contributed by atoms with Gasteiger partial charge in [0.25, 0.3) is 0 Å². The van der Waals surface area contributed by atoms with Gasteiger partial charge in [-0.15, -0.1) is 0 Å². The number of nitrogens with one attached hydrogen (secondary N) is 1. The molecule has 3 unspecified atom stereocenters. The van der Waals surface area contributed by atoms with E-state index >= 15 is 0 Å². The molecule has 0 radical (unpaired) electrons. The molecule has 0 aromatic rings. The highest BCUT2D eigenvalue weighted by Crippen LogP contribution is 2.30. The maximum Gasteiger partial charge on any atom is 0.0595 e. The number of hydrogen-bond acceptors (Lipinski definition) is 3. The lowest BCUT2D eigenvalue weighted by Crippen LogP contribution is -2.46. The van der Waals surface area contributed by atoms with Gasteiger partial charge in [-0.05, 0) is 51.0 Å². The molecule has 2 rings (SSSR count). The van der Waals surface area contributed by atoms with Crippen LogP contribution in [0.1, 0.15) is 39.0 Å². The molecule has 1 saturated heterocycles. The highest BCUT2D eigenvalue weighted by Gasteiger charge is 2.30. The third-order valence-corrected chi connectivity index (χ3v) is 4.98. The summed E-state index contributed by atoms with van der Waals surface area (Å²) in [5.74, 6) is 1.76. The van der Waals surface area contributed by atoms with E-state index in [0.29, 0.717) is 6.10 Å². The molecule has 3 atom stereocenters. The molecule has 2 fully saturated rings. The molecule has 3 heteroatoms. The fourth-order valence-electron chi connectivity index (χ4n) is 3.74. The van der Waals surface area contributed by atoms with E-state index in [0.717, 1.165) is 17.9 Å². The lowest BCUT2D eigenvalue weighted by Gasteiger charge is -2.40. The molecular weight excluding hydrogens is 224 g/mol. The van der Waals surface area contributed by atoms with Crippen molar-refractivity contribution in [1.82, 2.24) is 10.2 Å². The van der Waals surface area contributed by atoms with Crippen molar-refractivity contribution in [3.05, 3.63) is 0 Å². The van der Waals surface area contributed by atoms with E-state index in [1.54, 1.807) is 0 Å². The number of piperidine rings is 1. The Balaban J connectivity index is 1.80. The summed E-state index contributed by atoms with van der Waals surface area (Å²) < 4.78 is 5.45. The van der Waals surface area contributed by atoms with Crippen LogP contribution >= 0.6 is 0 Å². The van der Waals surface area contributed by atoms with E-state index in [4.69, 9.17) is 4.74 Å². The summed E-state index contributed by atoms with van der Waals surface area (Å²) in [7, 11) is 3.98. The first-order valence-electron chi connectivity index (χ1n) is 7.65. The average Bonchev–Trinajstić information content (AvgIpc) is 2.40. The molecule has 1 aliphatic heterocycles. The molecule has 2 aliphatic rings. The molecule has 3 nitrogen and oxygen atoms in total. The molecule has 0 aromatic heterocycles. The van der Waals surface area contributed by atoms with Crippen LogP contribution in [0.25, 0.3) is 0 Å². The van der Waals surface area contributed by atoms with Gasteiger partial charge in [-0.3, -0.25) is 0 Å². The summed E-state index contributed by atoms with van der Waals surface area (Å²) in [4.78, 5) is 2.66. The fourth-order valence-corrected chi connectivity index (χ4v) is 3.74. The highest BCUT2D eigenvalue weighted by molar-refractivity contribution is 4.86. The summed E-state index contributed by atoms with van der Waals surface area (Å²) in [6.07, 6.45) is 7.08. The van der Waals surface area contributed by atoms with Gasteiger partial charge >= 0.3 is 0 Å². The Morgan fingerprint density at radius 2 is 1.89 bits per heavy atom. The maximum absolute atomic E-state index is 5.45. The van der Waals surface area contributed by atoms with Gasteiger partial charge in [-0.1, -0.05) is 6.92 Å². The third-order valence-electron chi connectivity index (χ3n) is 4.98. The minimum Gasteiger partial charge on any atom is -0.381 e. The smallest absolute Gasteiger partial charge is 0.0595 e. The Morgan fingerprint density at radius 3 is 2.50 bits per heavy atom. The van der Waals surface area contributed by atoms with E-state index in [-0.39, 0.29) is 0 Å². The van der Waals surface area contributed by atoms with Crippen molar-refractivity contribution in [3.8, 4) is 0 Å². The second-order valence-electron chi connectivity index (χ2n) is 6.31. The molecule has 1 heterocycles. The Hall–Kier alpha value is -0.120. The zero-order valence-electron chi connectivity index (χ0n) is 12.3. The number of hydrogen-bond donors (Lipinski definition) is 1. The topological polar surface area (TPSA) is 24.5 Å². The van der Waals surface area contributed by atoms with E-state index in [2.05, 4.69) is 24.2 Å². The minimum absolute atomic E-state index is 0.506. The van der Waals surface area contributed by atoms with E-state index in [1.165, 1.54) is 51.7 Å². The fraction of sp³-hybridized carbons (Fsp3) is 1.00. The van der Waals surface area contributed by atoms with Crippen LogP contribution in [0.4, 0.5) is 0 Å². The lowest BCUT2D eigenvalue weighted by atomic mass is 9.78. The van der Waals surface area contributed by atoms with Crippen molar-refractivity contribution in [2.24, 2.45) is 11.8 Å². The summed E-state index contributed by atoms with van der Waals surface area (Å²) in [5.41, 5.74) is 0. The molecule has 106 valence electrons. The van der Waals surface area contributed by atoms with Crippen LogP contribution in [0.2, 0.25) is 0 Å². The van der Waals surface area contributed by atoms with Crippen LogP contribution in [0.3, 0.4) is 0 Å². The monoisotopic (exact) mass is 254 g/mol. The molecule has 1 aliphatic carbocycles. The van der Waals surface area contributed by atoms with Crippen LogP contribution in [0.15, 0.2) is 0 Å². The quantitative estimate of drug-likeness (QED) is 0.832. The normalized spacial score (nSPS) is 35.8. The van der Waals surface area contributed by atoms with E-state index in [9.17, 15) is 0 Å². The van der Waals surface area contributed by atoms with Gasteiger partial charge in [0.2, 0.25) is 0 Å². The second kappa shape index (κ2) is 6.88. The highest BCUT2D eigenvalue weighted by atomic mass is 16.5. The largest absolute Gasteiger partial charge is 0.381 e. The van der Waals surface area contributed by atoms with Crippen LogP contribution < -0.4 is 5.32 Å². The standard InChI is InChI=1S/C15H30N2O/c1-12-4-5-15(16-2)13(10-12)11-17-8-6-14(18-3)7-9-17/h12-16H,4-11H2,1-3H3. The van der Waals surface area contributed by atoms with Gasteiger partial charge in [-0.2, -0.15) is 0 Å². The Kier molecular flexibility index (Phi) is 5.46. The molecular formula is C15H30N2O. The summed E-state index contributed by atoms with van der Waals surface area (Å²) in [5, 5.41) is 3.53. The first-order valence-corrected chi connectivity index (χ1v) is 7.65. The zero-order chi connectivity index (χ0) is 13.0. The van der Waals surface area contributed by atoms with Crippen molar-refractivity contribution in [1.29, 1.82) is 0 Å². The van der Waals surface area contributed by atoms with Gasteiger partial charge in [0.1, 0.15) is 0 Å². The van der Waals surface area contributed by atoms with Crippen LogP contribution in [-0.4, -0.2) is 50.8 Å². The molecule has 1 N–H and O–H groups in total. The lowest BCUT2D eigenvalue weighted by molar-refractivity contribution is 0.0306. The van der Waals surface area contributed by atoms with Crippen molar-refractivity contribution in [3.63, 3.8) is 0 Å². The van der Waals surface area contributed by atoms with Gasteiger partial charge in [0.05, 0.1) is 6.10 Å². The Bertz CT molecular complexity index is 239. The van der Waals surface area contributed by atoms with Crippen LogP contribution in [0, 0.1) is 11.8 Å². The van der Waals surface area contributed by atoms with Gasteiger partial charge in [-0.25, -0.2) is 0 Å². The third kappa shape index (κ3) is 3.69. The molecule has 0 aromatic carbocycles. The zero-order valence-corrected chi connectivity index (χ0v) is 12.3. The summed E-state index contributed by atoms with van der Waals surface area (Å²) >= 11 is 0. The van der Waals surface area contributed by atoms with Gasteiger partial charge < -0.3 is 15.0 Å². The van der Waals surface area contributed by atoms with Gasteiger partial charge in [0.15, 0.2) is 0 Å². The van der Waals surface area contributed by atoms with Crippen molar-refractivity contribution >= 4 is 0 Å². The van der Waals surface area contributed by atoms with Crippen LogP contribution in [-0.2, 0) is 4.74 Å². The number of likely N-dealkylation sites (tertiary alicyclic amines) is 1. The molecule has 0 spiro atoms. The number of ether oxygens (including phenoxy) is 1. The molecule has 1 saturated carbocycles. The molecule has 0 bridgehead atoms. The predicted octanol–water partition coefficient (Wildman–Crippen LogP) is 2.12. The maximum atomic E-state index is 5.45. The Labute approximate surface area is 112 Å². The van der Waals surface area contributed by atoms with Crippen molar-refractivity contribution in [2.75, 3.05) is 33.8 Å². The predicted molar refractivity (Wildman–Crippen MR) is 75.8 cm³/mol. The molecule has 18 heavy (non-hydrogen) atoms. The number of methoxy groups -OCH3 is 1. The van der Waals surface area contributed by atoms with Gasteiger partial charge in [0, 0.05) is 32.8 Å². The minimum atomic E-state index is 0.506. The summed E-state index contributed by atoms with van der Waals surface area (Å²) in [6.45, 7) is 6.14. The summed E-state index contributed by atoms with van der Waals surface area (Å²) in [6, 6.07) is 0.737. The van der Waals surface area contributed by atoms with Crippen molar-refractivity contribution in [2.45, 2.75) is 51.2 Å².